The van der Waals surface area contributed by atoms with Crippen LogP contribution < -0.4 is 5.32 Å². The summed E-state index contributed by atoms with van der Waals surface area (Å²) in [6.07, 6.45) is 6.86. The number of anilines is 1. The summed E-state index contributed by atoms with van der Waals surface area (Å²) < 4.78 is 0. The van der Waals surface area contributed by atoms with E-state index in [1.807, 2.05) is 6.07 Å². The first-order valence-electron chi connectivity index (χ1n) is 5.23. The van der Waals surface area contributed by atoms with Crippen molar-refractivity contribution in [3.8, 4) is 0 Å². The lowest BCUT2D eigenvalue weighted by atomic mass is 10.1. The first kappa shape index (κ1) is 11.0. The van der Waals surface area contributed by atoms with Gasteiger partial charge in [-0.1, -0.05) is 11.6 Å². The van der Waals surface area contributed by atoms with Crippen LogP contribution in [0.25, 0.3) is 0 Å². The highest BCUT2D eigenvalue weighted by atomic mass is 35.5. The van der Waals surface area contributed by atoms with Crippen molar-refractivity contribution < 1.29 is 0 Å². The molecule has 82 valence electrons. The van der Waals surface area contributed by atoms with Crippen molar-refractivity contribution in [2.75, 3.05) is 11.9 Å². The Morgan fingerprint density at radius 1 is 1.47 bits per heavy atom. The zero-order chi connectivity index (χ0) is 10.7. The molecule has 1 aromatic heterocycles. The molecule has 1 aliphatic rings. The van der Waals surface area contributed by atoms with Crippen molar-refractivity contribution in [1.29, 1.82) is 0 Å². The van der Waals surface area contributed by atoms with E-state index in [1.54, 1.807) is 12.4 Å². The summed E-state index contributed by atoms with van der Waals surface area (Å²) in [7, 11) is 0. The molecule has 4 heteroatoms. The second-order valence-corrected chi connectivity index (χ2v) is 5.04. The Hall–Kier alpha value is -0.470. The van der Waals surface area contributed by atoms with Gasteiger partial charge in [-0.3, -0.25) is 4.98 Å². The average Bonchev–Trinajstić information content (AvgIpc) is 2.63. The molecule has 0 spiro atoms. The fraction of sp³-hybridized carbons (Fsp3) is 0.545. The van der Waals surface area contributed by atoms with Gasteiger partial charge >= 0.3 is 0 Å². The fourth-order valence-corrected chi connectivity index (χ4v) is 2.54. The molecule has 1 aliphatic carbocycles. The van der Waals surface area contributed by atoms with Gasteiger partial charge in [0.05, 0.1) is 10.7 Å². The topological polar surface area (TPSA) is 24.9 Å². The lowest BCUT2D eigenvalue weighted by Gasteiger charge is -2.12. The number of aromatic nitrogens is 1. The van der Waals surface area contributed by atoms with Crippen LogP contribution >= 0.6 is 23.2 Å². The molecule has 1 N–H and O–H groups in total. The smallest absolute Gasteiger partial charge is 0.0820 e. The lowest BCUT2D eigenvalue weighted by Crippen LogP contribution is -2.11. The van der Waals surface area contributed by atoms with E-state index in [0.717, 1.165) is 25.1 Å². The maximum Gasteiger partial charge on any atom is 0.0820 e. The summed E-state index contributed by atoms with van der Waals surface area (Å²) in [5, 5.41) is 4.39. The Bertz CT molecular complexity index is 330. The second kappa shape index (κ2) is 5.04. The van der Waals surface area contributed by atoms with Gasteiger partial charge in [0.15, 0.2) is 0 Å². The number of hydrogen-bond acceptors (Lipinski definition) is 2. The van der Waals surface area contributed by atoms with Crippen LogP contribution in [0.15, 0.2) is 18.5 Å². The third kappa shape index (κ3) is 2.99. The normalized spacial score (nSPS) is 25.5. The molecular weight excluding hydrogens is 231 g/mol. The molecule has 0 aliphatic heterocycles. The van der Waals surface area contributed by atoms with Gasteiger partial charge < -0.3 is 5.32 Å². The van der Waals surface area contributed by atoms with Gasteiger partial charge in [0, 0.05) is 24.3 Å². The minimum Gasteiger partial charge on any atom is -0.383 e. The highest BCUT2D eigenvalue weighted by Gasteiger charge is 2.22. The van der Waals surface area contributed by atoms with Crippen LogP contribution in [0.4, 0.5) is 5.69 Å². The Labute approximate surface area is 100.0 Å². The summed E-state index contributed by atoms with van der Waals surface area (Å²) in [5.74, 6) is 0.678. The fourth-order valence-electron chi connectivity index (χ4n) is 1.97. The third-order valence-electron chi connectivity index (χ3n) is 2.83. The maximum absolute atomic E-state index is 6.06. The Morgan fingerprint density at radius 3 is 3.00 bits per heavy atom. The first-order chi connectivity index (χ1) is 7.25. The van der Waals surface area contributed by atoms with Gasteiger partial charge in [-0.2, -0.15) is 0 Å². The summed E-state index contributed by atoms with van der Waals surface area (Å²) in [6, 6.07) is 1.90. The van der Waals surface area contributed by atoms with E-state index in [2.05, 4.69) is 10.3 Å². The lowest BCUT2D eigenvalue weighted by molar-refractivity contribution is 0.580. The van der Waals surface area contributed by atoms with Crippen molar-refractivity contribution in [2.24, 2.45) is 5.92 Å². The molecule has 0 aromatic carbocycles. The molecule has 1 saturated carbocycles. The van der Waals surface area contributed by atoms with E-state index in [0.29, 0.717) is 16.3 Å². The highest BCUT2D eigenvalue weighted by Crippen LogP contribution is 2.30. The number of nitrogens with one attached hydrogen (secondary N) is 1. The standard InChI is InChI=1S/C11H14Cl2N2/c12-9-2-1-8(5-9)6-15-11-3-4-14-7-10(11)13/h3-4,7-9H,1-2,5-6H2,(H,14,15). The van der Waals surface area contributed by atoms with Gasteiger partial charge in [-0.25, -0.2) is 0 Å². The van der Waals surface area contributed by atoms with Crippen molar-refractivity contribution in [2.45, 2.75) is 24.6 Å². The van der Waals surface area contributed by atoms with Gasteiger partial charge in [0.2, 0.25) is 0 Å². The molecular formula is C11H14Cl2N2. The Balaban J connectivity index is 1.86. The van der Waals surface area contributed by atoms with Crippen LogP contribution in [0.1, 0.15) is 19.3 Å². The number of alkyl halides is 1. The van der Waals surface area contributed by atoms with E-state index in [-0.39, 0.29) is 0 Å². The predicted octanol–water partition coefficient (Wildman–Crippen LogP) is 3.55. The molecule has 0 amide bonds. The average molecular weight is 245 g/mol. The van der Waals surface area contributed by atoms with Crippen LogP contribution in [-0.2, 0) is 0 Å². The quantitative estimate of drug-likeness (QED) is 0.823. The van der Waals surface area contributed by atoms with E-state index < -0.39 is 0 Å². The second-order valence-electron chi connectivity index (χ2n) is 4.01. The first-order valence-corrected chi connectivity index (χ1v) is 6.04. The summed E-state index contributed by atoms with van der Waals surface area (Å²) in [5.41, 5.74) is 0.963. The Morgan fingerprint density at radius 2 is 2.33 bits per heavy atom. The zero-order valence-corrected chi connectivity index (χ0v) is 9.93. The van der Waals surface area contributed by atoms with Crippen LogP contribution in [0.2, 0.25) is 5.02 Å². The molecule has 2 nitrogen and oxygen atoms in total. The largest absolute Gasteiger partial charge is 0.383 e. The minimum absolute atomic E-state index is 0.365. The van der Waals surface area contributed by atoms with E-state index >= 15 is 0 Å². The van der Waals surface area contributed by atoms with Crippen LogP contribution in [0.3, 0.4) is 0 Å². The molecule has 2 atom stereocenters. The predicted molar refractivity (Wildman–Crippen MR) is 64.7 cm³/mol. The van der Waals surface area contributed by atoms with E-state index in [9.17, 15) is 0 Å². The number of pyridine rings is 1. The summed E-state index contributed by atoms with van der Waals surface area (Å²) in [6.45, 7) is 0.951. The van der Waals surface area contributed by atoms with Gasteiger partial charge in [-0.15, -0.1) is 11.6 Å². The van der Waals surface area contributed by atoms with Gasteiger partial charge in [-0.05, 0) is 31.2 Å². The molecule has 0 radical (unpaired) electrons. The van der Waals surface area contributed by atoms with Crippen LogP contribution in [0, 0.1) is 5.92 Å². The van der Waals surface area contributed by atoms with Crippen molar-refractivity contribution >= 4 is 28.9 Å². The van der Waals surface area contributed by atoms with E-state index in [1.165, 1.54) is 6.42 Å². The van der Waals surface area contributed by atoms with Crippen LogP contribution in [-0.4, -0.2) is 16.9 Å². The van der Waals surface area contributed by atoms with Crippen molar-refractivity contribution in [1.82, 2.24) is 4.98 Å². The summed E-state index contributed by atoms with van der Waals surface area (Å²) in [4.78, 5) is 3.94. The maximum atomic E-state index is 6.06. The minimum atomic E-state index is 0.365. The number of hydrogen-bond donors (Lipinski definition) is 1. The molecule has 0 saturated heterocycles. The summed E-state index contributed by atoms with van der Waals surface area (Å²) >= 11 is 12.0. The van der Waals surface area contributed by atoms with Gasteiger partial charge in [0.1, 0.15) is 0 Å². The van der Waals surface area contributed by atoms with E-state index in [4.69, 9.17) is 23.2 Å². The number of nitrogens with zero attached hydrogens (tertiary/aromatic N) is 1. The van der Waals surface area contributed by atoms with Crippen LogP contribution in [0.5, 0.6) is 0 Å². The molecule has 1 heterocycles. The Kier molecular flexibility index (Phi) is 3.71. The molecule has 2 rings (SSSR count). The molecule has 0 bridgehead atoms. The van der Waals surface area contributed by atoms with Crippen molar-refractivity contribution in [3.63, 3.8) is 0 Å². The van der Waals surface area contributed by atoms with Gasteiger partial charge in [0.25, 0.3) is 0 Å². The number of rotatable bonds is 3. The highest BCUT2D eigenvalue weighted by molar-refractivity contribution is 6.33. The SMILES string of the molecule is Clc1cnccc1NCC1CCC(Cl)C1. The molecule has 1 fully saturated rings. The number of halogens is 2. The monoisotopic (exact) mass is 244 g/mol. The molecule has 2 unspecified atom stereocenters. The molecule has 1 aromatic rings. The third-order valence-corrected chi connectivity index (χ3v) is 3.53. The molecule has 15 heavy (non-hydrogen) atoms. The van der Waals surface area contributed by atoms with Crippen molar-refractivity contribution in [3.05, 3.63) is 23.5 Å². The zero-order valence-electron chi connectivity index (χ0n) is 8.42.